The molecule has 0 saturated carbocycles. The summed E-state index contributed by atoms with van der Waals surface area (Å²) in [5.41, 5.74) is -1.64. The molecule has 1 atom stereocenters. The van der Waals surface area contributed by atoms with Gasteiger partial charge in [-0.3, -0.25) is 14.9 Å². The fourth-order valence-electron chi connectivity index (χ4n) is 3.09. The van der Waals surface area contributed by atoms with Crippen molar-refractivity contribution < 1.29 is 28.0 Å². The molecule has 138 valence electrons. The van der Waals surface area contributed by atoms with E-state index >= 15 is 0 Å². The monoisotopic (exact) mass is 372 g/mol. The van der Waals surface area contributed by atoms with Crippen LogP contribution >= 0.6 is 0 Å². The Balaban J connectivity index is 2.50. The van der Waals surface area contributed by atoms with Gasteiger partial charge >= 0.3 is 11.7 Å². The van der Waals surface area contributed by atoms with Crippen LogP contribution in [0, 0.1) is 21.4 Å². The molecule has 0 aliphatic carbocycles. The molecule has 10 heteroatoms. The number of nitro groups is 1. The Morgan fingerprint density at radius 3 is 2.52 bits per heavy atom. The van der Waals surface area contributed by atoms with Crippen molar-refractivity contribution in [1.82, 2.24) is 4.31 Å². The number of rotatable bonds is 6. The van der Waals surface area contributed by atoms with E-state index in [9.17, 15) is 28.4 Å². The molecular weight excluding hydrogens is 352 g/mol. The van der Waals surface area contributed by atoms with Crippen LogP contribution in [0.25, 0.3) is 0 Å². The number of aliphatic carboxylic acids is 1. The van der Waals surface area contributed by atoms with E-state index < -0.39 is 32.0 Å². The second-order valence-corrected chi connectivity index (χ2v) is 8.18. The van der Waals surface area contributed by atoms with Crippen LogP contribution in [0.4, 0.5) is 5.69 Å². The molecule has 25 heavy (non-hydrogen) atoms. The quantitative estimate of drug-likeness (QED) is 0.595. The van der Waals surface area contributed by atoms with Crippen molar-refractivity contribution in [2.45, 2.75) is 25.2 Å². The predicted octanol–water partition coefficient (Wildman–Crippen LogP) is 1.72. The normalized spacial score (nSPS) is 21.4. The van der Waals surface area contributed by atoms with E-state index in [4.69, 9.17) is 4.74 Å². The molecular formula is C15H20N2O7S. The average Bonchev–Trinajstić information content (AvgIpc) is 3.01. The standard InChI is InChI=1S/C15H20N2O7S/c1-10(2)15(14(18)19)7-8-16(9-15)25(22,23)12-6-4-5-11(17(20)21)13(12)24-3/h4-6,10H,7-9H2,1-3H3,(H,18,19). The highest BCUT2D eigenvalue weighted by atomic mass is 32.2. The smallest absolute Gasteiger partial charge is 0.312 e. The van der Waals surface area contributed by atoms with Gasteiger partial charge in [-0.05, 0) is 18.4 Å². The first-order valence-electron chi connectivity index (χ1n) is 7.63. The number of hydrogen-bond acceptors (Lipinski definition) is 6. The number of nitro benzene ring substituents is 1. The summed E-state index contributed by atoms with van der Waals surface area (Å²) < 4.78 is 31.9. The highest BCUT2D eigenvalue weighted by Gasteiger charge is 2.51. The van der Waals surface area contributed by atoms with Crippen molar-refractivity contribution in [3.05, 3.63) is 28.3 Å². The first kappa shape index (κ1) is 19.1. The number of ether oxygens (including phenoxy) is 1. The molecule has 1 aliphatic rings. The molecule has 1 N–H and O–H groups in total. The van der Waals surface area contributed by atoms with Crippen molar-refractivity contribution in [2.24, 2.45) is 11.3 Å². The van der Waals surface area contributed by atoms with Gasteiger partial charge in [0, 0.05) is 19.2 Å². The summed E-state index contributed by atoms with van der Waals surface area (Å²) in [6, 6.07) is 3.63. The first-order chi connectivity index (χ1) is 11.6. The number of sulfonamides is 1. The molecule has 0 bridgehead atoms. The lowest BCUT2D eigenvalue weighted by molar-refractivity contribution is -0.386. The van der Waals surface area contributed by atoms with Crippen LogP contribution < -0.4 is 4.74 Å². The van der Waals surface area contributed by atoms with Gasteiger partial charge in [0.15, 0.2) is 0 Å². The summed E-state index contributed by atoms with van der Waals surface area (Å²) >= 11 is 0. The lowest BCUT2D eigenvalue weighted by Crippen LogP contribution is -2.40. The Labute approximate surface area is 145 Å². The number of carboxylic acids is 1. The molecule has 1 saturated heterocycles. The fourth-order valence-corrected chi connectivity index (χ4v) is 4.77. The zero-order valence-electron chi connectivity index (χ0n) is 14.1. The van der Waals surface area contributed by atoms with E-state index in [0.717, 1.165) is 17.5 Å². The Morgan fingerprint density at radius 1 is 1.44 bits per heavy atom. The van der Waals surface area contributed by atoms with E-state index in [0.29, 0.717) is 0 Å². The van der Waals surface area contributed by atoms with Crippen molar-refractivity contribution in [2.75, 3.05) is 20.2 Å². The van der Waals surface area contributed by atoms with Crippen LogP contribution in [-0.2, 0) is 14.8 Å². The minimum Gasteiger partial charge on any atom is -0.489 e. The summed E-state index contributed by atoms with van der Waals surface area (Å²) in [4.78, 5) is 21.7. The number of nitrogens with zero attached hydrogens (tertiary/aromatic N) is 2. The van der Waals surface area contributed by atoms with E-state index in [1.807, 2.05) is 0 Å². The predicted molar refractivity (Wildman–Crippen MR) is 87.9 cm³/mol. The van der Waals surface area contributed by atoms with Gasteiger partial charge < -0.3 is 9.84 Å². The molecule has 9 nitrogen and oxygen atoms in total. The van der Waals surface area contributed by atoms with Gasteiger partial charge in [-0.2, -0.15) is 4.31 Å². The summed E-state index contributed by atoms with van der Waals surface area (Å²) in [5, 5.41) is 20.7. The highest BCUT2D eigenvalue weighted by Crippen LogP contribution is 2.42. The van der Waals surface area contributed by atoms with Crippen LogP contribution in [-0.4, -0.2) is 48.9 Å². The maximum Gasteiger partial charge on any atom is 0.312 e. The summed E-state index contributed by atoms with van der Waals surface area (Å²) in [5.74, 6) is -1.67. The molecule has 1 aliphatic heterocycles. The minimum absolute atomic E-state index is 0.0264. The van der Waals surface area contributed by atoms with E-state index in [1.54, 1.807) is 13.8 Å². The third-order valence-electron chi connectivity index (χ3n) is 4.77. The van der Waals surface area contributed by atoms with E-state index in [2.05, 4.69) is 0 Å². The Kier molecular flexibility index (Phi) is 5.05. The molecule has 0 aromatic heterocycles. The maximum absolute atomic E-state index is 13.0. The fraction of sp³-hybridized carbons (Fsp3) is 0.533. The van der Waals surface area contributed by atoms with Gasteiger partial charge in [-0.25, -0.2) is 8.42 Å². The van der Waals surface area contributed by atoms with Gasteiger partial charge in [-0.1, -0.05) is 19.9 Å². The van der Waals surface area contributed by atoms with Crippen LogP contribution in [0.5, 0.6) is 5.75 Å². The molecule has 1 unspecified atom stereocenters. The highest BCUT2D eigenvalue weighted by molar-refractivity contribution is 7.89. The molecule has 0 radical (unpaired) electrons. The van der Waals surface area contributed by atoms with Gasteiger partial charge in [0.05, 0.1) is 17.4 Å². The first-order valence-corrected chi connectivity index (χ1v) is 9.07. The lowest BCUT2D eigenvalue weighted by atomic mass is 9.77. The van der Waals surface area contributed by atoms with E-state index in [-0.39, 0.29) is 36.1 Å². The van der Waals surface area contributed by atoms with E-state index in [1.165, 1.54) is 12.1 Å². The molecule has 1 fully saturated rings. The zero-order chi connectivity index (χ0) is 19.0. The number of hydrogen-bond donors (Lipinski definition) is 1. The Hall–Kier alpha value is -2.20. The second-order valence-electron chi connectivity index (χ2n) is 6.27. The second kappa shape index (κ2) is 6.60. The van der Waals surface area contributed by atoms with Gasteiger partial charge in [0.25, 0.3) is 0 Å². The lowest BCUT2D eigenvalue weighted by Gasteiger charge is -2.28. The average molecular weight is 372 g/mol. The molecule has 0 spiro atoms. The van der Waals surface area contributed by atoms with Crippen LogP contribution in [0.15, 0.2) is 23.1 Å². The molecule has 1 aromatic carbocycles. The minimum atomic E-state index is -4.13. The Morgan fingerprint density at radius 2 is 2.08 bits per heavy atom. The molecule has 1 heterocycles. The SMILES string of the molecule is COc1c([N+](=O)[O-])cccc1S(=O)(=O)N1CCC(C(=O)O)(C(C)C)C1. The van der Waals surface area contributed by atoms with Gasteiger partial charge in [0.1, 0.15) is 4.90 Å². The van der Waals surface area contributed by atoms with Crippen molar-refractivity contribution in [3.63, 3.8) is 0 Å². The van der Waals surface area contributed by atoms with Crippen molar-refractivity contribution >= 4 is 21.7 Å². The zero-order valence-corrected chi connectivity index (χ0v) is 14.9. The number of para-hydroxylation sites is 1. The van der Waals surface area contributed by atoms with Gasteiger partial charge in [-0.15, -0.1) is 0 Å². The van der Waals surface area contributed by atoms with Crippen LogP contribution in [0.2, 0.25) is 0 Å². The topological polar surface area (TPSA) is 127 Å². The van der Waals surface area contributed by atoms with Crippen LogP contribution in [0.1, 0.15) is 20.3 Å². The maximum atomic E-state index is 13.0. The molecule has 1 aromatic rings. The largest absolute Gasteiger partial charge is 0.489 e. The van der Waals surface area contributed by atoms with Gasteiger partial charge in [0.2, 0.25) is 15.8 Å². The number of carbonyl (C=O) groups is 1. The third-order valence-corrected chi connectivity index (χ3v) is 6.64. The van der Waals surface area contributed by atoms with Crippen molar-refractivity contribution in [1.29, 1.82) is 0 Å². The molecule has 0 amide bonds. The number of benzene rings is 1. The van der Waals surface area contributed by atoms with Crippen LogP contribution in [0.3, 0.4) is 0 Å². The number of carboxylic acid groups (broad SMARTS) is 1. The Bertz CT molecular complexity index is 806. The summed E-state index contributed by atoms with van der Waals surface area (Å²) in [7, 11) is -2.98. The van der Waals surface area contributed by atoms with Crippen molar-refractivity contribution in [3.8, 4) is 5.75 Å². The number of methoxy groups -OCH3 is 1. The molecule has 2 rings (SSSR count). The third kappa shape index (κ3) is 3.07. The summed E-state index contributed by atoms with van der Waals surface area (Å²) in [6.45, 7) is 3.31. The summed E-state index contributed by atoms with van der Waals surface area (Å²) in [6.07, 6.45) is 0.177.